The third-order valence-corrected chi connectivity index (χ3v) is 3.51. The molecular formula is C14H18F2N2OS. The van der Waals surface area contributed by atoms with Gasteiger partial charge in [-0.25, -0.2) is 0 Å². The maximum absolute atomic E-state index is 12.3. The quantitative estimate of drug-likeness (QED) is 0.826. The summed E-state index contributed by atoms with van der Waals surface area (Å²) in [6.45, 7) is -2.85. The summed E-state index contributed by atoms with van der Waals surface area (Å²) in [5.74, 6) is 0.0929. The molecule has 1 aromatic rings. The van der Waals surface area contributed by atoms with Gasteiger partial charge in [0.2, 0.25) is 0 Å². The van der Waals surface area contributed by atoms with Crippen molar-refractivity contribution in [2.24, 2.45) is 0 Å². The summed E-state index contributed by atoms with van der Waals surface area (Å²) in [6, 6.07) is 6.89. The number of nitrogens with one attached hydrogen (secondary N) is 2. The fourth-order valence-corrected chi connectivity index (χ4v) is 2.64. The summed E-state index contributed by atoms with van der Waals surface area (Å²) in [5.41, 5.74) is 0.445. The van der Waals surface area contributed by atoms with Crippen LogP contribution < -0.4 is 15.4 Å². The molecule has 0 aliphatic heterocycles. The lowest BCUT2D eigenvalue weighted by atomic mass is 9.96. The lowest BCUT2D eigenvalue weighted by Gasteiger charge is -2.24. The number of benzene rings is 1. The van der Waals surface area contributed by atoms with Gasteiger partial charge in [0.1, 0.15) is 5.75 Å². The van der Waals surface area contributed by atoms with E-state index in [0.29, 0.717) is 16.8 Å². The maximum Gasteiger partial charge on any atom is 0.387 e. The van der Waals surface area contributed by atoms with Crippen molar-refractivity contribution in [3.05, 3.63) is 24.3 Å². The second-order valence-electron chi connectivity index (χ2n) is 4.81. The van der Waals surface area contributed by atoms with Crippen LogP contribution in [-0.4, -0.2) is 17.8 Å². The summed E-state index contributed by atoms with van der Waals surface area (Å²) in [6.07, 6.45) is 5.86. The molecule has 0 saturated heterocycles. The van der Waals surface area contributed by atoms with Crippen molar-refractivity contribution in [1.82, 2.24) is 5.32 Å². The van der Waals surface area contributed by atoms with Crippen molar-refractivity contribution in [3.8, 4) is 5.75 Å². The van der Waals surface area contributed by atoms with E-state index >= 15 is 0 Å². The van der Waals surface area contributed by atoms with Crippen molar-refractivity contribution in [1.29, 1.82) is 0 Å². The standard InChI is InChI=1S/C14H18F2N2OS/c15-13(16)19-12-9-5-4-8-11(12)18-14(20)17-10-6-2-1-3-7-10/h4-5,8-10,13H,1-3,6-7H2,(H2,17,18,20). The number of thiocarbonyl (C=S) groups is 1. The molecule has 0 heterocycles. The normalized spacial score (nSPS) is 15.9. The Kier molecular flexibility index (Phi) is 5.52. The van der Waals surface area contributed by atoms with Gasteiger partial charge in [-0.2, -0.15) is 8.78 Å². The van der Waals surface area contributed by atoms with Crippen LogP contribution in [0.4, 0.5) is 14.5 Å². The maximum atomic E-state index is 12.3. The van der Waals surface area contributed by atoms with Crippen LogP contribution in [0.5, 0.6) is 5.75 Å². The highest BCUT2D eigenvalue weighted by molar-refractivity contribution is 7.80. The second kappa shape index (κ2) is 7.38. The summed E-state index contributed by atoms with van der Waals surface area (Å²) in [7, 11) is 0. The molecule has 0 unspecified atom stereocenters. The molecule has 3 nitrogen and oxygen atoms in total. The van der Waals surface area contributed by atoms with Crippen LogP contribution in [0.1, 0.15) is 32.1 Å². The minimum absolute atomic E-state index is 0.0929. The van der Waals surface area contributed by atoms with E-state index in [1.165, 1.54) is 25.3 Å². The molecule has 1 saturated carbocycles. The smallest absolute Gasteiger partial charge is 0.387 e. The average Bonchev–Trinajstić information content (AvgIpc) is 2.41. The van der Waals surface area contributed by atoms with E-state index in [9.17, 15) is 8.78 Å². The van der Waals surface area contributed by atoms with Gasteiger partial charge in [-0.15, -0.1) is 0 Å². The van der Waals surface area contributed by atoms with Crippen LogP contribution in [0, 0.1) is 0 Å². The predicted molar refractivity (Wildman–Crippen MR) is 79.3 cm³/mol. The summed E-state index contributed by atoms with van der Waals surface area (Å²) in [5, 5.41) is 6.60. The van der Waals surface area contributed by atoms with Gasteiger partial charge in [-0.05, 0) is 37.2 Å². The molecule has 0 aromatic heterocycles. The predicted octanol–water partition coefficient (Wildman–Crippen LogP) is 3.91. The van der Waals surface area contributed by atoms with E-state index in [-0.39, 0.29) is 5.75 Å². The zero-order valence-corrected chi connectivity index (χ0v) is 11.9. The Morgan fingerprint density at radius 3 is 2.60 bits per heavy atom. The van der Waals surface area contributed by atoms with Crippen molar-refractivity contribution in [2.45, 2.75) is 44.8 Å². The molecular weight excluding hydrogens is 282 g/mol. The van der Waals surface area contributed by atoms with Crippen molar-refractivity contribution >= 4 is 23.0 Å². The Bertz CT molecular complexity index is 451. The van der Waals surface area contributed by atoms with E-state index in [1.807, 2.05) is 0 Å². The Balaban J connectivity index is 1.93. The molecule has 0 radical (unpaired) electrons. The van der Waals surface area contributed by atoms with Gasteiger partial charge in [0, 0.05) is 6.04 Å². The van der Waals surface area contributed by atoms with Crippen LogP contribution in [0.2, 0.25) is 0 Å². The minimum Gasteiger partial charge on any atom is -0.433 e. The molecule has 2 N–H and O–H groups in total. The van der Waals surface area contributed by atoms with Gasteiger partial charge in [0.25, 0.3) is 0 Å². The minimum atomic E-state index is -2.85. The summed E-state index contributed by atoms with van der Waals surface area (Å²) < 4.78 is 29.1. The molecule has 1 aliphatic rings. The van der Waals surface area contributed by atoms with Crippen molar-refractivity contribution < 1.29 is 13.5 Å². The molecule has 20 heavy (non-hydrogen) atoms. The zero-order chi connectivity index (χ0) is 14.4. The van der Waals surface area contributed by atoms with E-state index in [0.717, 1.165) is 12.8 Å². The van der Waals surface area contributed by atoms with Crippen LogP contribution in [0.3, 0.4) is 0 Å². The molecule has 6 heteroatoms. The summed E-state index contributed by atoms with van der Waals surface area (Å²) in [4.78, 5) is 0. The fraction of sp³-hybridized carbons (Fsp3) is 0.500. The number of rotatable bonds is 4. The first kappa shape index (κ1) is 15.0. The van der Waals surface area contributed by atoms with E-state index in [2.05, 4.69) is 15.4 Å². The van der Waals surface area contributed by atoms with Crippen LogP contribution in [-0.2, 0) is 0 Å². The first-order valence-electron chi connectivity index (χ1n) is 6.76. The number of alkyl halides is 2. The molecule has 0 bridgehead atoms. The first-order chi connectivity index (χ1) is 9.65. The van der Waals surface area contributed by atoms with Gasteiger partial charge in [-0.1, -0.05) is 31.4 Å². The zero-order valence-electron chi connectivity index (χ0n) is 11.1. The van der Waals surface area contributed by atoms with Crippen LogP contribution in [0.15, 0.2) is 24.3 Å². The highest BCUT2D eigenvalue weighted by Gasteiger charge is 2.15. The Labute approximate surface area is 122 Å². The molecule has 1 aromatic carbocycles. The average molecular weight is 300 g/mol. The SMILES string of the molecule is FC(F)Oc1ccccc1NC(=S)NC1CCCCC1. The number of ether oxygens (including phenoxy) is 1. The lowest BCUT2D eigenvalue weighted by Crippen LogP contribution is -2.38. The van der Waals surface area contributed by atoms with E-state index in [1.54, 1.807) is 18.2 Å². The lowest BCUT2D eigenvalue weighted by molar-refractivity contribution is -0.0493. The molecule has 0 spiro atoms. The highest BCUT2D eigenvalue weighted by atomic mass is 32.1. The number of hydrogen-bond donors (Lipinski definition) is 2. The molecule has 110 valence electrons. The molecule has 0 amide bonds. The highest BCUT2D eigenvalue weighted by Crippen LogP contribution is 2.25. The number of hydrogen-bond acceptors (Lipinski definition) is 2. The van der Waals surface area contributed by atoms with Crippen LogP contribution >= 0.6 is 12.2 Å². The largest absolute Gasteiger partial charge is 0.433 e. The number of halogens is 2. The van der Waals surface area contributed by atoms with Crippen LogP contribution in [0.25, 0.3) is 0 Å². The third kappa shape index (κ3) is 4.59. The van der Waals surface area contributed by atoms with Gasteiger partial charge in [0.15, 0.2) is 5.11 Å². The first-order valence-corrected chi connectivity index (χ1v) is 7.17. The Hall–Kier alpha value is -1.43. The van der Waals surface area contributed by atoms with E-state index in [4.69, 9.17) is 12.2 Å². The van der Waals surface area contributed by atoms with Crippen molar-refractivity contribution in [3.63, 3.8) is 0 Å². The fourth-order valence-electron chi connectivity index (χ4n) is 2.36. The molecule has 1 fully saturated rings. The molecule has 2 rings (SSSR count). The summed E-state index contributed by atoms with van der Waals surface area (Å²) >= 11 is 5.22. The Morgan fingerprint density at radius 2 is 1.90 bits per heavy atom. The second-order valence-corrected chi connectivity index (χ2v) is 5.22. The van der Waals surface area contributed by atoms with Gasteiger partial charge < -0.3 is 15.4 Å². The third-order valence-electron chi connectivity index (χ3n) is 3.29. The Morgan fingerprint density at radius 1 is 1.20 bits per heavy atom. The number of anilines is 1. The van der Waals surface area contributed by atoms with Gasteiger partial charge in [-0.3, -0.25) is 0 Å². The topological polar surface area (TPSA) is 33.3 Å². The van der Waals surface area contributed by atoms with Gasteiger partial charge >= 0.3 is 6.61 Å². The molecule has 1 aliphatic carbocycles. The monoisotopic (exact) mass is 300 g/mol. The molecule has 0 atom stereocenters. The van der Waals surface area contributed by atoms with Gasteiger partial charge in [0.05, 0.1) is 5.69 Å². The number of para-hydroxylation sites is 2. The van der Waals surface area contributed by atoms with E-state index < -0.39 is 6.61 Å². The van der Waals surface area contributed by atoms with Crippen molar-refractivity contribution in [2.75, 3.05) is 5.32 Å².